The van der Waals surface area contributed by atoms with Gasteiger partial charge in [0.15, 0.2) is 11.5 Å². The van der Waals surface area contributed by atoms with Gasteiger partial charge in [-0.15, -0.1) is 0 Å². The van der Waals surface area contributed by atoms with E-state index in [0.717, 1.165) is 0 Å². The Bertz CT molecular complexity index is 1060. The Hall–Kier alpha value is -1.33. The van der Waals surface area contributed by atoms with Crippen LogP contribution in [0.3, 0.4) is 0 Å². The highest BCUT2D eigenvalue weighted by atomic mass is 35.5. The van der Waals surface area contributed by atoms with Crippen LogP contribution in [0.2, 0.25) is 30.1 Å². The molecule has 0 unspecified atom stereocenters. The standard InChI is InChI=1S/C20H10Cl6O3/c21-11-3-1-10(2-4-11)14(27)8-7-12-5-6-13(29-12)9-28-20-18(25)16(23)15(22)17(24)19(20)26/h1-8H,9H2/b8-7+. The number of carbonyl (C=O) groups excluding carboxylic acids is 1. The van der Waals surface area contributed by atoms with Gasteiger partial charge in [-0.05, 0) is 48.6 Å². The van der Waals surface area contributed by atoms with Crippen LogP contribution in [0.25, 0.3) is 6.08 Å². The molecule has 0 spiro atoms. The number of ether oxygens (including phenoxy) is 1. The van der Waals surface area contributed by atoms with Gasteiger partial charge >= 0.3 is 0 Å². The second kappa shape index (κ2) is 9.65. The third kappa shape index (κ3) is 5.24. The highest BCUT2D eigenvalue weighted by Gasteiger charge is 2.21. The molecule has 29 heavy (non-hydrogen) atoms. The Labute approximate surface area is 196 Å². The summed E-state index contributed by atoms with van der Waals surface area (Å²) in [5, 5.41) is 0.789. The molecule has 0 radical (unpaired) electrons. The van der Waals surface area contributed by atoms with Gasteiger partial charge in [-0.2, -0.15) is 0 Å². The van der Waals surface area contributed by atoms with Gasteiger partial charge in [0.25, 0.3) is 0 Å². The molecular weight excluding hydrogens is 501 g/mol. The van der Waals surface area contributed by atoms with E-state index in [-0.39, 0.29) is 43.3 Å². The van der Waals surface area contributed by atoms with Gasteiger partial charge in [-0.3, -0.25) is 4.79 Å². The fraction of sp³-hybridized carbons (Fsp3) is 0.0500. The Morgan fingerprint density at radius 3 is 2.03 bits per heavy atom. The molecule has 150 valence electrons. The van der Waals surface area contributed by atoms with Crippen molar-refractivity contribution in [1.29, 1.82) is 0 Å². The topological polar surface area (TPSA) is 39.4 Å². The quantitative estimate of drug-likeness (QED) is 0.144. The summed E-state index contributed by atoms with van der Waals surface area (Å²) in [5.74, 6) is 0.854. The maximum Gasteiger partial charge on any atom is 0.185 e. The number of hydrogen-bond donors (Lipinski definition) is 0. The van der Waals surface area contributed by atoms with E-state index in [1.807, 2.05) is 0 Å². The van der Waals surface area contributed by atoms with Crippen LogP contribution in [0.1, 0.15) is 21.9 Å². The van der Waals surface area contributed by atoms with Crippen LogP contribution in [0.5, 0.6) is 5.75 Å². The number of furan rings is 1. The summed E-state index contributed by atoms with van der Waals surface area (Å²) in [6, 6.07) is 9.97. The number of carbonyl (C=O) groups is 1. The smallest absolute Gasteiger partial charge is 0.185 e. The molecule has 0 aliphatic heterocycles. The van der Waals surface area contributed by atoms with E-state index in [9.17, 15) is 4.79 Å². The largest absolute Gasteiger partial charge is 0.482 e. The van der Waals surface area contributed by atoms with Crippen molar-refractivity contribution in [2.45, 2.75) is 6.61 Å². The van der Waals surface area contributed by atoms with Gasteiger partial charge < -0.3 is 9.15 Å². The van der Waals surface area contributed by atoms with Crippen LogP contribution >= 0.6 is 69.6 Å². The first-order chi connectivity index (χ1) is 13.8. The second-order valence-electron chi connectivity index (χ2n) is 5.70. The van der Waals surface area contributed by atoms with Gasteiger partial charge in [0, 0.05) is 10.6 Å². The minimum Gasteiger partial charge on any atom is -0.482 e. The molecule has 0 saturated carbocycles. The lowest BCUT2D eigenvalue weighted by molar-refractivity contribution is 0.104. The zero-order chi connectivity index (χ0) is 21.1. The van der Waals surface area contributed by atoms with E-state index in [0.29, 0.717) is 22.1 Å². The van der Waals surface area contributed by atoms with Crippen molar-refractivity contribution in [1.82, 2.24) is 0 Å². The Morgan fingerprint density at radius 2 is 1.41 bits per heavy atom. The van der Waals surface area contributed by atoms with Crippen molar-refractivity contribution < 1.29 is 13.9 Å². The fourth-order valence-electron chi connectivity index (χ4n) is 2.28. The number of rotatable bonds is 6. The lowest BCUT2D eigenvalue weighted by Crippen LogP contribution is -1.96. The summed E-state index contributed by atoms with van der Waals surface area (Å²) < 4.78 is 11.2. The summed E-state index contributed by atoms with van der Waals surface area (Å²) in [7, 11) is 0. The van der Waals surface area contributed by atoms with Crippen LogP contribution in [0.4, 0.5) is 0 Å². The average Bonchev–Trinajstić information content (AvgIpc) is 3.17. The van der Waals surface area contributed by atoms with Crippen LogP contribution in [0, 0.1) is 0 Å². The van der Waals surface area contributed by atoms with Crippen molar-refractivity contribution >= 4 is 81.5 Å². The predicted molar refractivity (Wildman–Crippen MR) is 119 cm³/mol. The maximum absolute atomic E-state index is 12.2. The van der Waals surface area contributed by atoms with Crippen LogP contribution < -0.4 is 4.74 Å². The van der Waals surface area contributed by atoms with Crippen molar-refractivity contribution in [3.8, 4) is 5.75 Å². The third-order valence-electron chi connectivity index (χ3n) is 3.74. The SMILES string of the molecule is O=C(/C=C/c1ccc(COc2c(Cl)c(Cl)c(Cl)c(Cl)c2Cl)o1)c1ccc(Cl)cc1. The molecule has 3 aromatic rings. The normalized spacial score (nSPS) is 11.2. The van der Waals surface area contributed by atoms with Gasteiger partial charge in [-0.1, -0.05) is 69.6 Å². The molecular formula is C20H10Cl6O3. The molecule has 9 heteroatoms. The molecule has 0 atom stereocenters. The number of halogens is 6. The summed E-state index contributed by atoms with van der Waals surface area (Å²) in [4.78, 5) is 12.2. The molecule has 0 aliphatic rings. The fourth-order valence-corrected chi connectivity index (χ4v) is 3.64. The van der Waals surface area contributed by atoms with Crippen LogP contribution in [-0.4, -0.2) is 5.78 Å². The Balaban J connectivity index is 1.68. The highest BCUT2D eigenvalue weighted by Crippen LogP contribution is 2.48. The molecule has 1 heterocycles. The summed E-state index contributed by atoms with van der Waals surface area (Å²) in [6.45, 7) is 0.00665. The summed E-state index contributed by atoms with van der Waals surface area (Å²) in [5.41, 5.74) is 0.515. The monoisotopic (exact) mass is 508 g/mol. The van der Waals surface area contributed by atoms with Crippen LogP contribution in [-0.2, 0) is 6.61 Å². The van der Waals surface area contributed by atoms with Gasteiger partial charge in [0.1, 0.15) is 28.2 Å². The number of benzene rings is 2. The third-order valence-corrected chi connectivity index (χ3v) is 6.23. The zero-order valence-corrected chi connectivity index (χ0v) is 18.9. The second-order valence-corrected chi connectivity index (χ2v) is 8.02. The van der Waals surface area contributed by atoms with Gasteiger partial charge in [-0.25, -0.2) is 0 Å². The molecule has 0 N–H and O–H groups in total. The van der Waals surface area contributed by atoms with E-state index in [1.54, 1.807) is 42.5 Å². The minimum atomic E-state index is -0.181. The maximum atomic E-state index is 12.2. The van der Waals surface area contributed by atoms with Gasteiger partial charge in [0.2, 0.25) is 0 Å². The van der Waals surface area contributed by atoms with Crippen LogP contribution in [0.15, 0.2) is 46.9 Å². The van der Waals surface area contributed by atoms with Gasteiger partial charge in [0.05, 0.1) is 15.1 Å². The number of ketones is 1. The molecule has 0 saturated heterocycles. The average molecular weight is 511 g/mol. The molecule has 1 aromatic heterocycles. The van der Waals surface area contributed by atoms with E-state index < -0.39 is 0 Å². The molecule has 0 aliphatic carbocycles. The van der Waals surface area contributed by atoms with E-state index in [4.69, 9.17) is 78.8 Å². The van der Waals surface area contributed by atoms with E-state index in [2.05, 4.69) is 0 Å². The first-order valence-corrected chi connectivity index (χ1v) is 10.3. The zero-order valence-electron chi connectivity index (χ0n) is 14.3. The molecule has 0 bridgehead atoms. The Kier molecular flexibility index (Phi) is 7.44. The van der Waals surface area contributed by atoms with Crippen molar-refractivity contribution in [3.63, 3.8) is 0 Å². The minimum absolute atomic E-state index is 0.00665. The number of allylic oxidation sites excluding steroid dienone is 1. The number of hydrogen-bond acceptors (Lipinski definition) is 3. The summed E-state index contributed by atoms with van der Waals surface area (Å²) >= 11 is 36.1. The van der Waals surface area contributed by atoms with Crippen molar-refractivity contribution in [2.24, 2.45) is 0 Å². The molecule has 3 nitrogen and oxygen atoms in total. The Morgan fingerprint density at radius 1 is 0.828 bits per heavy atom. The lowest BCUT2D eigenvalue weighted by Gasteiger charge is -2.12. The highest BCUT2D eigenvalue weighted by molar-refractivity contribution is 6.55. The lowest BCUT2D eigenvalue weighted by atomic mass is 10.1. The van der Waals surface area contributed by atoms with Crippen molar-refractivity contribution in [3.05, 3.63) is 89.7 Å². The van der Waals surface area contributed by atoms with E-state index in [1.165, 1.54) is 6.08 Å². The molecule has 2 aromatic carbocycles. The molecule has 0 fully saturated rings. The molecule has 3 rings (SSSR count). The summed E-state index contributed by atoms with van der Waals surface area (Å²) in [6.07, 6.45) is 2.95. The first-order valence-electron chi connectivity index (χ1n) is 7.99. The first kappa shape index (κ1) is 22.4. The molecule has 0 amide bonds. The predicted octanol–water partition coefficient (Wildman–Crippen LogP) is 8.68. The van der Waals surface area contributed by atoms with E-state index >= 15 is 0 Å². The van der Waals surface area contributed by atoms with Crippen molar-refractivity contribution in [2.75, 3.05) is 0 Å².